The number of hydrogen-bond acceptors (Lipinski definition) is 4. The van der Waals surface area contributed by atoms with Gasteiger partial charge in [-0.15, -0.1) is 10.2 Å². The highest BCUT2D eigenvalue weighted by Gasteiger charge is 2.14. The van der Waals surface area contributed by atoms with E-state index in [1.54, 1.807) is 18.4 Å². The zero-order valence-electron chi connectivity index (χ0n) is 8.95. The van der Waals surface area contributed by atoms with Crippen LogP contribution in [0, 0.1) is 0 Å². The van der Waals surface area contributed by atoms with Crippen molar-refractivity contribution >= 4 is 0 Å². The van der Waals surface area contributed by atoms with Gasteiger partial charge in [-0.3, -0.25) is 0 Å². The van der Waals surface area contributed by atoms with Gasteiger partial charge in [0.2, 0.25) is 5.82 Å². The van der Waals surface area contributed by atoms with Crippen molar-refractivity contribution in [2.45, 2.75) is 0 Å². The van der Waals surface area contributed by atoms with Gasteiger partial charge in [-0.1, -0.05) is 30.3 Å². The Morgan fingerprint density at radius 1 is 0.941 bits per heavy atom. The van der Waals surface area contributed by atoms with Crippen LogP contribution in [0.5, 0.6) is 0 Å². The Morgan fingerprint density at radius 2 is 1.71 bits per heavy atom. The summed E-state index contributed by atoms with van der Waals surface area (Å²) in [5.74, 6) is 7.67. The molecule has 84 valence electrons. The molecule has 2 aromatic heterocycles. The molecule has 0 atom stereocenters. The summed E-state index contributed by atoms with van der Waals surface area (Å²) in [6.45, 7) is 0. The van der Waals surface area contributed by atoms with Crippen molar-refractivity contribution in [3.05, 3.63) is 48.7 Å². The maximum absolute atomic E-state index is 5.96. The SMILES string of the molecule is Nn1c(-c2ccccc2)nnc1-c1ccco1. The van der Waals surface area contributed by atoms with Gasteiger partial charge >= 0.3 is 0 Å². The molecule has 5 nitrogen and oxygen atoms in total. The van der Waals surface area contributed by atoms with Crippen LogP contribution in [0.15, 0.2) is 53.1 Å². The first-order chi connectivity index (χ1) is 8.36. The van der Waals surface area contributed by atoms with Gasteiger partial charge in [0.15, 0.2) is 11.6 Å². The fraction of sp³-hybridized carbons (Fsp3) is 0. The third-order valence-electron chi connectivity index (χ3n) is 2.47. The molecule has 2 N–H and O–H groups in total. The molecular weight excluding hydrogens is 216 g/mol. The zero-order valence-corrected chi connectivity index (χ0v) is 8.95. The minimum absolute atomic E-state index is 0.508. The largest absolute Gasteiger partial charge is 0.461 e. The highest BCUT2D eigenvalue weighted by molar-refractivity contribution is 5.59. The fourth-order valence-electron chi connectivity index (χ4n) is 1.65. The van der Waals surface area contributed by atoms with E-state index in [1.165, 1.54) is 4.68 Å². The predicted molar refractivity (Wildman–Crippen MR) is 63.3 cm³/mol. The predicted octanol–water partition coefficient (Wildman–Crippen LogP) is 1.92. The molecule has 3 aromatic rings. The summed E-state index contributed by atoms with van der Waals surface area (Å²) < 4.78 is 6.67. The highest BCUT2D eigenvalue weighted by Crippen LogP contribution is 2.21. The van der Waals surface area contributed by atoms with Gasteiger partial charge in [0, 0.05) is 5.56 Å². The van der Waals surface area contributed by atoms with Crippen molar-refractivity contribution in [1.29, 1.82) is 0 Å². The Morgan fingerprint density at radius 3 is 2.41 bits per heavy atom. The van der Waals surface area contributed by atoms with E-state index >= 15 is 0 Å². The molecule has 0 fully saturated rings. The molecule has 0 unspecified atom stereocenters. The smallest absolute Gasteiger partial charge is 0.218 e. The summed E-state index contributed by atoms with van der Waals surface area (Å²) in [4.78, 5) is 0. The summed E-state index contributed by atoms with van der Waals surface area (Å²) in [5.41, 5.74) is 0.917. The first-order valence-corrected chi connectivity index (χ1v) is 5.16. The molecule has 0 aliphatic carbocycles. The van der Waals surface area contributed by atoms with E-state index < -0.39 is 0 Å². The van der Waals surface area contributed by atoms with Crippen molar-refractivity contribution in [3.8, 4) is 23.0 Å². The van der Waals surface area contributed by atoms with Crippen LogP contribution in [0.1, 0.15) is 0 Å². The molecule has 0 saturated carbocycles. The normalized spacial score (nSPS) is 10.6. The first-order valence-electron chi connectivity index (χ1n) is 5.16. The molecule has 0 spiro atoms. The van der Waals surface area contributed by atoms with E-state index in [9.17, 15) is 0 Å². The van der Waals surface area contributed by atoms with Crippen molar-refractivity contribution in [2.75, 3.05) is 5.84 Å². The van der Waals surface area contributed by atoms with Crippen molar-refractivity contribution in [1.82, 2.24) is 14.9 Å². The summed E-state index contributed by atoms with van der Waals surface area (Å²) >= 11 is 0. The number of furan rings is 1. The third-order valence-corrected chi connectivity index (χ3v) is 2.47. The van der Waals surface area contributed by atoms with Gasteiger partial charge in [-0.25, -0.2) is 4.68 Å². The number of benzene rings is 1. The van der Waals surface area contributed by atoms with Crippen LogP contribution in [0.25, 0.3) is 23.0 Å². The average molecular weight is 226 g/mol. The van der Waals surface area contributed by atoms with Gasteiger partial charge < -0.3 is 10.3 Å². The molecule has 0 aliphatic heterocycles. The molecule has 0 saturated heterocycles. The Balaban J connectivity index is 2.10. The third kappa shape index (κ3) is 1.57. The molecule has 0 radical (unpaired) electrons. The quantitative estimate of drug-likeness (QED) is 0.678. The number of nitrogens with two attached hydrogens (primary N) is 1. The van der Waals surface area contributed by atoms with E-state index in [-0.39, 0.29) is 0 Å². The van der Waals surface area contributed by atoms with E-state index in [4.69, 9.17) is 10.3 Å². The van der Waals surface area contributed by atoms with Gasteiger partial charge in [0.05, 0.1) is 6.26 Å². The standard InChI is InChI=1S/C12H10N4O/c13-16-11(9-5-2-1-3-6-9)14-15-12(16)10-7-4-8-17-10/h1-8H,13H2. The molecule has 5 heteroatoms. The van der Waals surface area contributed by atoms with Crippen LogP contribution in [0.2, 0.25) is 0 Å². The lowest BCUT2D eigenvalue weighted by molar-refractivity contribution is 0.575. The van der Waals surface area contributed by atoms with Gasteiger partial charge in [-0.05, 0) is 12.1 Å². The van der Waals surface area contributed by atoms with Gasteiger partial charge in [-0.2, -0.15) is 0 Å². The van der Waals surface area contributed by atoms with Crippen LogP contribution in [-0.2, 0) is 0 Å². The Labute approximate surface area is 97.5 Å². The molecular formula is C12H10N4O. The number of rotatable bonds is 2. The maximum atomic E-state index is 5.96. The van der Waals surface area contributed by atoms with Crippen molar-refractivity contribution in [2.24, 2.45) is 0 Å². The summed E-state index contributed by atoms with van der Waals surface area (Å²) in [6, 6.07) is 13.2. The van der Waals surface area contributed by atoms with Crippen LogP contribution < -0.4 is 5.84 Å². The number of nitrogen functional groups attached to an aromatic ring is 1. The molecule has 0 amide bonds. The van der Waals surface area contributed by atoms with E-state index in [0.717, 1.165) is 5.56 Å². The number of hydrogen-bond donors (Lipinski definition) is 1. The van der Waals surface area contributed by atoms with E-state index in [1.807, 2.05) is 30.3 Å². The van der Waals surface area contributed by atoms with Crippen LogP contribution >= 0.6 is 0 Å². The van der Waals surface area contributed by atoms with Crippen LogP contribution in [0.3, 0.4) is 0 Å². The highest BCUT2D eigenvalue weighted by atomic mass is 16.3. The van der Waals surface area contributed by atoms with Crippen LogP contribution in [0.4, 0.5) is 0 Å². The lowest BCUT2D eigenvalue weighted by atomic mass is 10.2. The Kier molecular flexibility index (Phi) is 2.15. The topological polar surface area (TPSA) is 69.9 Å². The Hall–Kier alpha value is -2.56. The molecule has 3 rings (SSSR count). The van der Waals surface area contributed by atoms with Gasteiger partial charge in [0.1, 0.15) is 0 Å². The molecule has 2 heterocycles. The lowest BCUT2D eigenvalue weighted by Gasteiger charge is -2.01. The zero-order chi connectivity index (χ0) is 11.7. The second kappa shape index (κ2) is 3.79. The second-order valence-electron chi connectivity index (χ2n) is 3.56. The lowest BCUT2D eigenvalue weighted by Crippen LogP contribution is -2.11. The van der Waals surface area contributed by atoms with Crippen molar-refractivity contribution < 1.29 is 4.42 Å². The second-order valence-corrected chi connectivity index (χ2v) is 3.56. The molecule has 17 heavy (non-hydrogen) atoms. The first kappa shape index (κ1) is 9.65. The Bertz CT molecular complexity index is 613. The van der Waals surface area contributed by atoms with E-state index in [0.29, 0.717) is 17.4 Å². The molecule has 0 bridgehead atoms. The van der Waals surface area contributed by atoms with Crippen LogP contribution in [-0.4, -0.2) is 14.9 Å². The fourth-order valence-corrected chi connectivity index (χ4v) is 1.65. The maximum Gasteiger partial charge on any atom is 0.218 e. The monoisotopic (exact) mass is 226 g/mol. The van der Waals surface area contributed by atoms with E-state index in [2.05, 4.69) is 10.2 Å². The average Bonchev–Trinajstić information content (AvgIpc) is 2.99. The molecule has 0 aliphatic rings. The number of aromatic nitrogens is 3. The van der Waals surface area contributed by atoms with Crippen molar-refractivity contribution in [3.63, 3.8) is 0 Å². The van der Waals surface area contributed by atoms with Gasteiger partial charge in [0.25, 0.3) is 0 Å². The molecule has 1 aromatic carbocycles. The summed E-state index contributed by atoms with van der Waals surface area (Å²) in [6.07, 6.45) is 1.58. The minimum Gasteiger partial charge on any atom is -0.461 e. The summed E-state index contributed by atoms with van der Waals surface area (Å²) in [5, 5.41) is 8.10. The number of nitrogens with zero attached hydrogens (tertiary/aromatic N) is 3. The minimum atomic E-state index is 0.508. The summed E-state index contributed by atoms with van der Waals surface area (Å²) in [7, 11) is 0.